The molecule has 0 saturated heterocycles. The number of hydrogen-bond donors (Lipinski definition) is 3. The van der Waals surface area contributed by atoms with E-state index < -0.39 is 6.10 Å². The van der Waals surface area contributed by atoms with Gasteiger partial charge in [-0.05, 0) is 36.6 Å². The number of aliphatic hydroxyl groups is 1. The third kappa shape index (κ3) is 6.85. The van der Waals surface area contributed by atoms with E-state index in [4.69, 9.17) is 4.74 Å². The van der Waals surface area contributed by atoms with Crippen LogP contribution in [0.2, 0.25) is 0 Å². The molecule has 3 N–H and O–H groups in total. The van der Waals surface area contributed by atoms with Crippen molar-refractivity contribution in [2.24, 2.45) is 0 Å². The number of benzene rings is 2. The van der Waals surface area contributed by atoms with Crippen LogP contribution < -0.4 is 15.4 Å². The van der Waals surface area contributed by atoms with Crippen LogP contribution in [0.3, 0.4) is 0 Å². The maximum Gasteiger partial charge on any atom is 0.315 e. The zero-order valence-corrected chi connectivity index (χ0v) is 14.7. The van der Waals surface area contributed by atoms with Gasteiger partial charge in [-0.25, -0.2) is 4.79 Å². The van der Waals surface area contributed by atoms with E-state index in [9.17, 15) is 9.90 Å². The molecule has 0 aliphatic heterocycles. The summed E-state index contributed by atoms with van der Waals surface area (Å²) in [6, 6.07) is 17.2. The molecule has 0 spiro atoms. The molecule has 0 radical (unpaired) electrons. The Morgan fingerprint density at radius 1 is 1.08 bits per heavy atom. The van der Waals surface area contributed by atoms with Crippen LogP contribution in [0.1, 0.15) is 18.1 Å². The Morgan fingerprint density at radius 2 is 1.80 bits per heavy atom. The predicted octanol–water partition coefficient (Wildman–Crippen LogP) is 2.53. The third-order valence-corrected chi connectivity index (χ3v) is 3.87. The third-order valence-electron chi connectivity index (χ3n) is 3.87. The van der Waals surface area contributed by atoms with Crippen molar-refractivity contribution in [2.75, 3.05) is 13.7 Å². The monoisotopic (exact) mass is 342 g/mol. The molecular weight excluding hydrogens is 316 g/mol. The summed E-state index contributed by atoms with van der Waals surface area (Å²) in [4.78, 5) is 12.0. The quantitative estimate of drug-likeness (QED) is 0.690. The van der Waals surface area contributed by atoms with Crippen molar-refractivity contribution < 1.29 is 14.6 Å². The number of methoxy groups -OCH3 is 1. The van der Waals surface area contributed by atoms with Crippen LogP contribution in [0.5, 0.6) is 5.75 Å². The van der Waals surface area contributed by atoms with Gasteiger partial charge in [-0.2, -0.15) is 0 Å². The van der Waals surface area contributed by atoms with Gasteiger partial charge >= 0.3 is 6.03 Å². The summed E-state index contributed by atoms with van der Waals surface area (Å²) in [5.41, 5.74) is 2.14. The molecule has 2 atom stereocenters. The van der Waals surface area contributed by atoms with Gasteiger partial charge in [0, 0.05) is 19.0 Å². The summed E-state index contributed by atoms with van der Waals surface area (Å²) in [5, 5.41) is 15.6. The van der Waals surface area contributed by atoms with Crippen LogP contribution in [0, 0.1) is 0 Å². The Bertz CT molecular complexity index is 661. The molecule has 2 aromatic carbocycles. The van der Waals surface area contributed by atoms with Crippen molar-refractivity contribution in [3.8, 4) is 5.75 Å². The fraction of sp³-hybridized carbons (Fsp3) is 0.350. The van der Waals surface area contributed by atoms with E-state index in [0.29, 0.717) is 12.8 Å². The highest BCUT2D eigenvalue weighted by atomic mass is 16.5. The first kappa shape index (κ1) is 18.8. The molecule has 0 bridgehead atoms. The van der Waals surface area contributed by atoms with E-state index in [-0.39, 0.29) is 18.6 Å². The molecule has 0 heterocycles. The minimum atomic E-state index is -0.609. The van der Waals surface area contributed by atoms with E-state index in [1.165, 1.54) is 0 Å². The van der Waals surface area contributed by atoms with Gasteiger partial charge in [0.1, 0.15) is 5.75 Å². The van der Waals surface area contributed by atoms with Crippen molar-refractivity contribution in [1.29, 1.82) is 0 Å². The average Bonchev–Trinajstić information content (AvgIpc) is 2.61. The van der Waals surface area contributed by atoms with Crippen LogP contribution in [0.15, 0.2) is 54.6 Å². The van der Waals surface area contributed by atoms with Crippen LogP contribution >= 0.6 is 0 Å². The average molecular weight is 342 g/mol. The summed E-state index contributed by atoms with van der Waals surface area (Å²) in [7, 11) is 1.63. The number of amides is 2. The standard InChI is InChI=1S/C20H26N2O3/c1-15(11-17-9-6-10-19(13-17)25-2)22-20(24)21-14-18(23)12-16-7-4-3-5-8-16/h3-10,13,15,18,23H,11-12,14H2,1-2H3,(H2,21,22,24). The molecule has 0 aromatic heterocycles. The minimum Gasteiger partial charge on any atom is -0.497 e. The van der Waals surface area contributed by atoms with Crippen molar-refractivity contribution in [1.82, 2.24) is 10.6 Å². The first-order chi connectivity index (χ1) is 12.1. The summed E-state index contributed by atoms with van der Waals surface area (Å²) in [5.74, 6) is 0.804. The maximum absolute atomic E-state index is 12.0. The van der Waals surface area contributed by atoms with Gasteiger partial charge in [0.15, 0.2) is 0 Å². The number of rotatable bonds is 8. The van der Waals surface area contributed by atoms with Gasteiger partial charge in [-0.1, -0.05) is 42.5 Å². The Kier molecular flexibility index (Phi) is 7.29. The largest absolute Gasteiger partial charge is 0.497 e. The van der Waals surface area contributed by atoms with Gasteiger partial charge in [-0.15, -0.1) is 0 Å². The van der Waals surface area contributed by atoms with E-state index >= 15 is 0 Å². The lowest BCUT2D eigenvalue weighted by atomic mass is 10.1. The molecule has 2 aromatic rings. The Balaban J connectivity index is 1.71. The first-order valence-corrected chi connectivity index (χ1v) is 8.46. The molecule has 2 unspecified atom stereocenters. The Labute approximate surface area is 149 Å². The second-order valence-corrected chi connectivity index (χ2v) is 6.15. The van der Waals surface area contributed by atoms with Crippen molar-refractivity contribution in [3.05, 3.63) is 65.7 Å². The zero-order valence-electron chi connectivity index (χ0n) is 14.7. The molecule has 25 heavy (non-hydrogen) atoms. The molecular formula is C20H26N2O3. The number of hydrogen-bond acceptors (Lipinski definition) is 3. The van der Waals surface area contributed by atoms with Crippen LogP contribution in [0.25, 0.3) is 0 Å². The SMILES string of the molecule is COc1cccc(CC(C)NC(=O)NCC(O)Cc2ccccc2)c1. The highest BCUT2D eigenvalue weighted by molar-refractivity contribution is 5.74. The maximum atomic E-state index is 12.0. The topological polar surface area (TPSA) is 70.6 Å². The summed E-state index contributed by atoms with van der Waals surface area (Å²) >= 11 is 0. The minimum absolute atomic E-state index is 0.0293. The van der Waals surface area contributed by atoms with Gasteiger partial charge < -0.3 is 20.5 Å². The molecule has 2 rings (SSSR count). The molecule has 0 fully saturated rings. The number of carbonyl (C=O) groups is 1. The lowest BCUT2D eigenvalue weighted by Crippen LogP contribution is -2.44. The van der Waals surface area contributed by atoms with Gasteiger partial charge in [0.05, 0.1) is 13.2 Å². The van der Waals surface area contributed by atoms with E-state index in [2.05, 4.69) is 10.6 Å². The van der Waals surface area contributed by atoms with E-state index in [0.717, 1.165) is 16.9 Å². The van der Waals surface area contributed by atoms with Gasteiger partial charge in [0.25, 0.3) is 0 Å². The van der Waals surface area contributed by atoms with Gasteiger partial charge in [0.2, 0.25) is 0 Å². The summed E-state index contributed by atoms with van der Waals surface area (Å²) in [6.07, 6.45) is 0.611. The number of aliphatic hydroxyl groups excluding tert-OH is 1. The van der Waals surface area contributed by atoms with E-state index in [1.807, 2.05) is 61.5 Å². The Hall–Kier alpha value is -2.53. The predicted molar refractivity (Wildman–Crippen MR) is 98.8 cm³/mol. The number of ether oxygens (including phenoxy) is 1. The molecule has 5 nitrogen and oxygen atoms in total. The lowest BCUT2D eigenvalue weighted by Gasteiger charge is -2.17. The number of nitrogens with one attached hydrogen (secondary N) is 2. The molecule has 2 amide bonds. The summed E-state index contributed by atoms with van der Waals surface area (Å²) in [6.45, 7) is 2.16. The first-order valence-electron chi connectivity index (χ1n) is 8.46. The van der Waals surface area contributed by atoms with Crippen molar-refractivity contribution in [3.63, 3.8) is 0 Å². The fourth-order valence-corrected chi connectivity index (χ4v) is 2.65. The highest BCUT2D eigenvalue weighted by Crippen LogP contribution is 2.13. The van der Waals surface area contributed by atoms with Gasteiger partial charge in [-0.3, -0.25) is 0 Å². The van der Waals surface area contributed by atoms with Crippen molar-refractivity contribution in [2.45, 2.75) is 31.9 Å². The van der Waals surface area contributed by atoms with Crippen LogP contribution in [-0.4, -0.2) is 36.9 Å². The molecule has 0 aliphatic rings. The van der Waals surface area contributed by atoms with Crippen LogP contribution in [0.4, 0.5) is 4.79 Å². The van der Waals surface area contributed by atoms with E-state index in [1.54, 1.807) is 7.11 Å². The second kappa shape index (κ2) is 9.69. The fourth-order valence-electron chi connectivity index (χ4n) is 2.65. The lowest BCUT2D eigenvalue weighted by molar-refractivity contribution is 0.170. The normalized spacial score (nSPS) is 12.9. The smallest absolute Gasteiger partial charge is 0.315 e. The number of urea groups is 1. The van der Waals surface area contributed by atoms with Crippen LogP contribution in [-0.2, 0) is 12.8 Å². The zero-order chi connectivity index (χ0) is 18.1. The highest BCUT2D eigenvalue weighted by Gasteiger charge is 2.11. The molecule has 0 saturated carbocycles. The second-order valence-electron chi connectivity index (χ2n) is 6.15. The Morgan fingerprint density at radius 3 is 2.52 bits per heavy atom. The summed E-state index contributed by atoms with van der Waals surface area (Å²) < 4.78 is 5.20. The number of carbonyl (C=O) groups excluding carboxylic acids is 1. The molecule has 5 heteroatoms. The molecule has 134 valence electrons. The molecule has 0 aliphatic carbocycles. The van der Waals surface area contributed by atoms with Crippen molar-refractivity contribution >= 4 is 6.03 Å².